The van der Waals surface area contributed by atoms with E-state index in [-0.39, 0.29) is 5.52 Å². The highest BCUT2D eigenvalue weighted by atomic mass is 16.5. The SMILES string of the molecule is CCOc1ccc(-c2nc3c(=O)n(C)c(=O)n(C)c3n2C)cc1OC. The normalized spacial score (nSPS) is 11.1. The van der Waals surface area contributed by atoms with Crippen molar-refractivity contribution in [3.05, 3.63) is 39.0 Å². The number of ether oxygens (including phenoxy) is 2. The first kappa shape index (κ1) is 16.8. The van der Waals surface area contributed by atoms with Gasteiger partial charge in [0, 0.05) is 26.7 Å². The van der Waals surface area contributed by atoms with Gasteiger partial charge in [-0.2, -0.15) is 0 Å². The van der Waals surface area contributed by atoms with Gasteiger partial charge >= 0.3 is 5.69 Å². The molecule has 0 amide bonds. The van der Waals surface area contributed by atoms with E-state index in [9.17, 15) is 9.59 Å². The quantitative estimate of drug-likeness (QED) is 0.707. The highest BCUT2D eigenvalue weighted by Gasteiger charge is 2.18. The smallest absolute Gasteiger partial charge is 0.332 e. The van der Waals surface area contributed by atoms with Crippen LogP contribution < -0.4 is 20.7 Å². The molecule has 0 radical (unpaired) electrons. The number of aryl methyl sites for hydroxylation is 2. The van der Waals surface area contributed by atoms with Gasteiger partial charge in [0.2, 0.25) is 0 Å². The fourth-order valence-corrected chi connectivity index (χ4v) is 2.92. The molecule has 25 heavy (non-hydrogen) atoms. The monoisotopic (exact) mass is 344 g/mol. The Morgan fingerprint density at radius 2 is 1.76 bits per heavy atom. The third-order valence-electron chi connectivity index (χ3n) is 4.19. The molecule has 8 heteroatoms. The molecule has 2 heterocycles. The number of nitrogens with zero attached hydrogens (tertiary/aromatic N) is 4. The van der Waals surface area contributed by atoms with Gasteiger partial charge in [-0.1, -0.05) is 0 Å². The van der Waals surface area contributed by atoms with Gasteiger partial charge in [0.05, 0.1) is 13.7 Å². The summed E-state index contributed by atoms with van der Waals surface area (Å²) >= 11 is 0. The summed E-state index contributed by atoms with van der Waals surface area (Å²) in [5.41, 5.74) is 0.661. The van der Waals surface area contributed by atoms with Crippen molar-refractivity contribution in [2.75, 3.05) is 13.7 Å². The van der Waals surface area contributed by atoms with Crippen molar-refractivity contribution in [3.8, 4) is 22.9 Å². The minimum atomic E-state index is -0.419. The van der Waals surface area contributed by atoms with Crippen LogP contribution in [0.3, 0.4) is 0 Å². The van der Waals surface area contributed by atoms with Crippen LogP contribution in [0.5, 0.6) is 11.5 Å². The highest BCUT2D eigenvalue weighted by molar-refractivity contribution is 5.77. The number of rotatable bonds is 4. The summed E-state index contributed by atoms with van der Waals surface area (Å²) in [5.74, 6) is 1.78. The highest BCUT2D eigenvalue weighted by Crippen LogP contribution is 2.32. The molecule has 0 aliphatic carbocycles. The average molecular weight is 344 g/mol. The number of fused-ring (bicyclic) bond motifs is 1. The summed E-state index contributed by atoms with van der Waals surface area (Å²) in [5, 5.41) is 0. The Bertz CT molecular complexity index is 1070. The molecule has 3 rings (SSSR count). The van der Waals surface area contributed by atoms with Crippen molar-refractivity contribution in [3.63, 3.8) is 0 Å². The van der Waals surface area contributed by atoms with Crippen molar-refractivity contribution in [2.24, 2.45) is 21.1 Å². The molecule has 0 spiro atoms. The molecule has 0 unspecified atom stereocenters. The fourth-order valence-electron chi connectivity index (χ4n) is 2.92. The average Bonchev–Trinajstić information content (AvgIpc) is 2.96. The van der Waals surface area contributed by atoms with Crippen molar-refractivity contribution < 1.29 is 9.47 Å². The van der Waals surface area contributed by atoms with Crippen LogP contribution in [0.2, 0.25) is 0 Å². The second-order valence-electron chi connectivity index (χ2n) is 5.67. The molecule has 0 N–H and O–H groups in total. The number of hydrogen-bond acceptors (Lipinski definition) is 5. The Labute approximate surface area is 143 Å². The number of imidazole rings is 1. The van der Waals surface area contributed by atoms with Gasteiger partial charge in [0.25, 0.3) is 5.56 Å². The number of methoxy groups -OCH3 is 1. The van der Waals surface area contributed by atoms with Crippen LogP contribution in [0.25, 0.3) is 22.6 Å². The number of aromatic nitrogens is 4. The molecule has 0 saturated heterocycles. The first-order valence-electron chi connectivity index (χ1n) is 7.84. The van der Waals surface area contributed by atoms with Gasteiger partial charge in [-0.3, -0.25) is 13.9 Å². The maximum Gasteiger partial charge on any atom is 0.332 e. The van der Waals surface area contributed by atoms with Crippen LogP contribution in [-0.2, 0) is 21.1 Å². The second kappa shape index (κ2) is 6.12. The molecule has 0 fully saturated rings. The third-order valence-corrected chi connectivity index (χ3v) is 4.19. The van der Waals surface area contributed by atoms with Crippen LogP contribution >= 0.6 is 0 Å². The molecule has 0 atom stereocenters. The number of hydrogen-bond donors (Lipinski definition) is 0. The van der Waals surface area contributed by atoms with Gasteiger partial charge in [0.15, 0.2) is 17.0 Å². The molecule has 0 bridgehead atoms. The molecule has 0 saturated carbocycles. The van der Waals surface area contributed by atoms with E-state index in [2.05, 4.69) is 4.98 Å². The summed E-state index contributed by atoms with van der Waals surface area (Å²) in [4.78, 5) is 29.0. The third kappa shape index (κ3) is 2.50. The van der Waals surface area contributed by atoms with Crippen LogP contribution in [-0.4, -0.2) is 32.4 Å². The Morgan fingerprint density at radius 3 is 2.40 bits per heavy atom. The Morgan fingerprint density at radius 1 is 1.04 bits per heavy atom. The van der Waals surface area contributed by atoms with E-state index >= 15 is 0 Å². The minimum Gasteiger partial charge on any atom is -0.493 e. The van der Waals surface area contributed by atoms with E-state index in [1.165, 1.54) is 11.6 Å². The van der Waals surface area contributed by atoms with E-state index in [1.54, 1.807) is 37.9 Å². The molecule has 132 valence electrons. The lowest BCUT2D eigenvalue weighted by Crippen LogP contribution is -2.37. The Kier molecular flexibility index (Phi) is 4.12. The summed E-state index contributed by atoms with van der Waals surface area (Å²) in [6.45, 7) is 2.43. The van der Waals surface area contributed by atoms with Crippen molar-refractivity contribution in [2.45, 2.75) is 6.92 Å². The Balaban J connectivity index is 2.29. The van der Waals surface area contributed by atoms with Gasteiger partial charge in [0.1, 0.15) is 11.5 Å². The van der Waals surface area contributed by atoms with Crippen LogP contribution in [0.15, 0.2) is 27.8 Å². The van der Waals surface area contributed by atoms with E-state index in [4.69, 9.17) is 9.47 Å². The molecular formula is C17H20N4O4. The molecule has 1 aromatic carbocycles. The number of benzene rings is 1. The maximum absolute atomic E-state index is 12.4. The van der Waals surface area contributed by atoms with Gasteiger partial charge in [-0.25, -0.2) is 9.78 Å². The van der Waals surface area contributed by atoms with Crippen LogP contribution in [0.1, 0.15) is 6.92 Å². The largest absolute Gasteiger partial charge is 0.493 e. The fraction of sp³-hybridized carbons (Fsp3) is 0.353. The standard InChI is InChI=1S/C17H20N4O4/c1-6-25-11-8-7-10(9-12(11)24-5)14-18-13-15(19(14)2)20(3)17(23)21(4)16(13)22/h7-9H,6H2,1-5H3. The minimum absolute atomic E-state index is 0.245. The van der Waals surface area contributed by atoms with E-state index in [1.807, 2.05) is 13.0 Å². The topological polar surface area (TPSA) is 80.3 Å². The van der Waals surface area contributed by atoms with Crippen molar-refractivity contribution in [1.82, 2.24) is 18.7 Å². The lowest BCUT2D eigenvalue weighted by Gasteiger charge is -2.11. The predicted molar refractivity (Wildman–Crippen MR) is 94.4 cm³/mol. The summed E-state index contributed by atoms with van der Waals surface area (Å²) in [7, 11) is 6.40. The second-order valence-corrected chi connectivity index (χ2v) is 5.67. The molecule has 0 aliphatic rings. The van der Waals surface area contributed by atoms with E-state index in [0.717, 1.165) is 10.1 Å². The summed E-state index contributed by atoms with van der Waals surface area (Å²) in [6, 6.07) is 5.44. The van der Waals surface area contributed by atoms with Crippen molar-refractivity contribution >= 4 is 11.2 Å². The van der Waals surface area contributed by atoms with Gasteiger partial charge in [-0.05, 0) is 25.1 Å². The Hall–Kier alpha value is -3.03. The molecule has 2 aromatic heterocycles. The summed E-state index contributed by atoms with van der Waals surface area (Å²) in [6.07, 6.45) is 0. The van der Waals surface area contributed by atoms with Gasteiger partial charge in [-0.15, -0.1) is 0 Å². The molecule has 8 nitrogen and oxygen atoms in total. The lowest BCUT2D eigenvalue weighted by molar-refractivity contribution is 0.311. The van der Waals surface area contributed by atoms with E-state index in [0.29, 0.717) is 29.6 Å². The van der Waals surface area contributed by atoms with E-state index < -0.39 is 11.2 Å². The first-order chi connectivity index (χ1) is 11.9. The predicted octanol–water partition coefficient (Wildman–Crippen LogP) is 1.04. The zero-order valence-corrected chi connectivity index (χ0v) is 14.9. The molecular weight excluding hydrogens is 324 g/mol. The zero-order valence-electron chi connectivity index (χ0n) is 14.9. The summed E-state index contributed by atoms with van der Waals surface area (Å²) < 4.78 is 15.1. The van der Waals surface area contributed by atoms with Crippen LogP contribution in [0.4, 0.5) is 0 Å². The van der Waals surface area contributed by atoms with Gasteiger partial charge < -0.3 is 14.0 Å². The van der Waals surface area contributed by atoms with Crippen molar-refractivity contribution in [1.29, 1.82) is 0 Å². The lowest BCUT2D eigenvalue weighted by atomic mass is 10.2. The first-order valence-corrected chi connectivity index (χ1v) is 7.84. The molecule has 0 aliphatic heterocycles. The molecule has 3 aromatic rings. The van der Waals surface area contributed by atoms with Crippen LogP contribution in [0, 0.1) is 0 Å². The zero-order chi connectivity index (χ0) is 18.3. The maximum atomic E-state index is 12.4.